The minimum atomic E-state index is -0.657. The maximum atomic E-state index is 15.0. The fraction of sp³-hybridized carbons (Fsp3) is 0.308. The van der Waals surface area contributed by atoms with E-state index < -0.39 is 17.8 Å². The maximum absolute atomic E-state index is 15.0. The summed E-state index contributed by atoms with van der Waals surface area (Å²) < 4.78 is 16.9. The van der Waals surface area contributed by atoms with Crippen LogP contribution in [-0.2, 0) is 18.4 Å². The Balaban J connectivity index is 1.66. The van der Waals surface area contributed by atoms with Gasteiger partial charge in [0.1, 0.15) is 42.0 Å². The van der Waals surface area contributed by atoms with Gasteiger partial charge in [-0.1, -0.05) is 30.7 Å². The van der Waals surface area contributed by atoms with Gasteiger partial charge < -0.3 is 10.8 Å². The third-order valence-corrected chi connectivity index (χ3v) is 7.03. The number of hydrogen-bond acceptors (Lipinski definition) is 3. The molecule has 2 aromatic carbocycles. The summed E-state index contributed by atoms with van der Waals surface area (Å²) in [6.45, 7) is 0.475. The molecule has 1 saturated carbocycles. The smallest absolute Gasteiger partial charge is 0.255 e. The zero-order chi connectivity index (χ0) is 23.2. The van der Waals surface area contributed by atoms with Gasteiger partial charge in [-0.3, -0.25) is 14.0 Å². The summed E-state index contributed by atoms with van der Waals surface area (Å²) in [7, 11) is 1.88. The molecule has 0 bridgehead atoms. The fourth-order valence-electron chi connectivity index (χ4n) is 5.55. The highest BCUT2D eigenvalue weighted by molar-refractivity contribution is 6.22. The lowest BCUT2D eigenvalue weighted by Gasteiger charge is -2.44. The highest BCUT2D eigenvalue weighted by atomic mass is 19.1. The van der Waals surface area contributed by atoms with Crippen molar-refractivity contribution >= 4 is 17.2 Å². The molecular formula is C26H28FN4O2+. The van der Waals surface area contributed by atoms with Crippen molar-refractivity contribution in [2.75, 3.05) is 0 Å². The Labute approximate surface area is 192 Å². The van der Waals surface area contributed by atoms with Crippen LogP contribution in [0.2, 0.25) is 0 Å². The van der Waals surface area contributed by atoms with Crippen LogP contribution in [0.5, 0.6) is 0 Å². The summed E-state index contributed by atoms with van der Waals surface area (Å²) in [5.41, 5.74) is 9.88. The number of aryl methyl sites for hydroxylation is 1. The number of halogens is 1. The summed E-state index contributed by atoms with van der Waals surface area (Å²) >= 11 is 0. The van der Waals surface area contributed by atoms with Crippen LogP contribution < -0.4 is 10.2 Å². The van der Waals surface area contributed by atoms with E-state index in [-0.39, 0.29) is 21.7 Å². The monoisotopic (exact) mass is 447 g/mol. The average molecular weight is 448 g/mol. The van der Waals surface area contributed by atoms with Gasteiger partial charge in [0.15, 0.2) is 0 Å². The van der Waals surface area contributed by atoms with E-state index in [2.05, 4.69) is 11.2 Å². The average Bonchev–Trinajstić information content (AvgIpc) is 3.38. The zero-order valence-electron chi connectivity index (χ0n) is 18.6. The highest BCUT2D eigenvalue weighted by Crippen LogP contribution is 2.47. The first-order valence-corrected chi connectivity index (χ1v) is 11.3. The quantitative estimate of drug-likeness (QED) is 0.583. The molecule has 2 aliphatic rings. The van der Waals surface area contributed by atoms with Crippen LogP contribution in [0.25, 0.3) is 16.7 Å². The normalized spacial score (nSPS) is 24.4. The van der Waals surface area contributed by atoms with Gasteiger partial charge in [-0.15, -0.1) is 0 Å². The Morgan fingerprint density at radius 2 is 2.00 bits per heavy atom. The van der Waals surface area contributed by atoms with E-state index in [1.807, 2.05) is 43.7 Å². The van der Waals surface area contributed by atoms with Gasteiger partial charge in [0.25, 0.3) is 5.91 Å². The zero-order valence-corrected chi connectivity index (χ0v) is 18.6. The van der Waals surface area contributed by atoms with Crippen molar-refractivity contribution in [3.8, 4) is 11.1 Å². The lowest BCUT2D eigenvalue weighted by Crippen LogP contribution is -2.57. The number of aromatic nitrogens is 2. The first-order chi connectivity index (χ1) is 15.9. The molecule has 3 atom stereocenters. The van der Waals surface area contributed by atoms with Crippen molar-refractivity contribution in [2.24, 2.45) is 12.8 Å². The number of carbonyl (C=O) groups is 1. The Morgan fingerprint density at radius 3 is 2.73 bits per heavy atom. The van der Waals surface area contributed by atoms with E-state index in [1.54, 1.807) is 16.9 Å². The number of amides is 1. The van der Waals surface area contributed by atoms with Gasteiger partial charge in [-0.05, 0) is 30.5 Å². The Hall–Kier alpha value is -3.29. The molecule has 1 unspecified atom stereocenters. The van der Waals surface area contributed by atoms with Gasteiger partial charge in [0.05, 0.1) is 11.8 Å². The molecule has 5 rings (SSSR count). The molecule has 0 spiro atoms. The molecule has 1 fully saturated rings. The van der Waals surface area contributed by atoms with Crippen molar-refractivity contribution in [1.29, 1.82) is 0 Å². The second-order valence-electron chi connectivity index (χ2n) is 9.15. The second kappa shape index (κ2) is 8.24. The molecule has 0 radical (unpaired) electrons. The summed E-state index contributed by atoms with van der Waals surface area (Å²) in [6.07, 6.45) is 8.40. The van der Waals surface area contributed by atoms with Crippen LogP contribution in [0.1, 0.15) is 36.8 Å². The number of carbonyl (C=O) groups excluding carboxylic acids is 1. The maximum Gasteiger partial charge on any atom is 0.255 e. The molecule has 6 nitrogen and oxygen atoms in total. The van der Waals surface area contributed by atoms with Crippen LogP contribution in [-0.4, -0.2) is 32.9 Å². The van der Waals surface area contributed by atoms with Crippen LogP contribution in [0.3, 0.4) is 0 Å². The Kier molecular flexibility index (Phi) is 5.38. The molecule has 1 aliphatic carbocycles. The van der Waals surface area contributed by atoms with Crippen LogP contribution in [0.15, 0.2) is 61.1 Å². The molecule has 1 aromatic heterocycles. The molecule has 1 aliphatic heterocycles. The molecule has 7 heteroatoms. The first kappa shape index (κ1) is 21.6. The van der Waals surface area contributed by atoms with Gasteiger partial charge in [-0.25, -0.2) is 4.39 Å². The number of nitrogens with zero attached hydrogens (tertiary/aromatic N) is 3. The van der Waals surface area contributed by atoms with Crippen molar-refractivity contribution in [1.82, 2.24) is 14.3 Å². The Bertz CT molecular complexity index is 1250. The number of nitrogens with two attached hydrogens (primary N) is 1. The summed E-state index contributed by atoms with van der Waals surface area (Å²) in [5.74, 6) is -1.12. The number of aliphatic hydroxyl groups excluding tert-OH is 1. The summed E-state index contributed by atoms with van der Waals surface area (Å²) in [4.78, 5) is 12.4. The standard InChI is InChI=1S/C26H27FN4O2/c1-30-14-19(13-29-30)18-7-4-6-17(12-18)15-31(22-9-2-3-11-24(22)32)16-20(26(28)33)25-21(27)8-5-10-23(25)31/h4-8,10,12-14,16,22,24,32H,2-3,9,11,15H2,1H3,(H-,28,33)/p+1/t22-,24-,31?/m0/s1. The number of aliphatic hydroxyl groups is 1. The summed E-state index contributed by atoms with van der Waals surface area (Å²) in [6, 6.07) is 12.8. The number of benzene rings is 2. The van der Waals surface area contributed by atoms with Crippen molar-refractivity contribution in [3.63, 3.8) is 0 Å². The lowest BCUT2D eigenvalue weighted by molar-refractivity contribution is -0.112. The minimum absolute atomic E-state index is 0.184. The molecule has 3 N–H and O–H groups in total. The van der Waals surface area contributed by atoms with E-state index in [0.29, 0.717) is 18.7 Å². The van der Waals surface area contributed by atoms with Gasteiger partial charge in [-0.2, -0.15) is 5.10 Å². The van der Waals surface area contributed by atoms with E-state index in [4.69, 9.17) is 5.73 Å². The third kappa shape index (κ3) is 3.67. The third-order valence-electron chi connectivity index (χ3n) is 7.03. The van der Waals surface area contributed by atoms with Gasteiger partial charge in [0, 0.05) is 36.9 Å². The predicted octanol–water partition coefficient (Wildman–Crippen LogP) is 3.88. The number of primary amides is 1. The molecule has 170 valence electrons. The minimum Gasteiger partial charge on any atom is -0.387 e. The molecule has 1 amide bonds. The largest absolute Gasteiger partial charge is 0.387 e. The predicted molar refractivity (Wildman–Crippen MR) is 126 cm³/mol. The van der Waals surface area contributed by atoms with E-state index in [9.17, 15) is 9.90 Å². The molecule has 3 aromatic rings. The molecule has 0 saturated heterocycles. The number of quaternary nitrogens is 1. The van der Waals surface area contributed by atoms with Crippen molar-refractivity contribution in [2.45, 2.75) is 44.4 Å². The van der Waals surface area contributed by atoms with Crippen LogP contribution >= 0.6 is 0 Å². The fourth-order valence-corrected chi connectivity index (χ4v) is 5.55. The number of fused-ring (bicyclic) bond motifs is 1. The molecule has 2 heterocycles. The van der Waals surface area contributed by atoms with Gasteiger partial charge in [0.2, 0.25) is 0 Å². The van der Waals surface area contributed by atoms with E-state index >= 15 is 4.39 Å². The van der Waals surface area contributed by atoms with Crippen LogP contribution in [0.4, 0.5) is 10.1 Å². The summed E-state index contributed by atoms with van der Waals surface area (Å²) in [5, 5.41) is 15.3. The second-order valence-corrected chi connectivity index (χ2v) is 9.15. The van der Waals surface area contributed by atoms with Crippen molar-refractivity contribution < 1.29 is 14.3 Å². The van der Waals surface area contributed by atoms with Crippen molar-refractivity contribution in [3.05, 3.63) is 78.0 Å². The SMILES string of the molecule is Cn1cc(-c2cccc(C[N+]3([C@H]4CCCC[C@@H]4O)C=C(C(N)=O)c4c(F)cccc43)c2)cn1. The van der Waals surface area contributed by atoms with E-state index in [1.165, 1.54) is 6.07 Å². The highest BCUT2D eigenvalue weighted by Gasteiger charge is 2.50. The first-order valence-electron chi connectivity index (χ1n) is 11.3. The topological polar surface area (TPSA) is 81.1 Å². The lowest BCUT2D eigenvalue weighted by atomic mass is 9.88. The van der Waals surface area contributed by atoms with E-state index in [0.717, 1.165) is 36.0 Å². The molecule has 33 heavy (non-hydrogen) atoms. The Morgan fingerprint density at radius 1 is 1.21 bits per heavy atom. The molecular weight excluding hydrogens is 419 g/mol. The van der Waals surface area contributed by atoms with Crippen LogP contribution in [0, 0.1) is 5.82 Å². The number of rotatable bonds is 5. The number of hydrogen-bond donors (Lipinski definition) is 2. The van der Waals surface area contributed by atoms with Gasteiger partial charge >= 0.3 is 0 Å².